The number of benzene rings is 4. The molecule has 150 valence electrons. The number of hydrogen-bond donors (Lipinski definition) is 1. The first-order chi connectivity index (χ1) is 15.3. The minimum Gasteiger partial charge on any atom is -0.410 e. The van der Waals surface area contributed by atoms with Gasteiger partial charge >= 0.3 is 0 Å². The summed E-state index contributed by atoms with van der Waals surface area (Å²) in [5, 5.41) is 14.1. The third-order valence-corrected chi connectivity index (χ3v) is 6.99. The Morgan fingerprint density at radius 2 is 0.935 bits per heavy atom. The first kappa shape index (κ1) is 18.1. The molecule has 1 N–H and O–H groups in total. The second-order valence-electron chi connectivity index (χ2n) is 8.53. The summed E-state index contributed by atoms with van der Waals surface area (Å²) in [6.45, 7) is 0. The Bertz CT molecular complexity index is 1220. The Morgan fingerprint density at radius 3 is 1.35 bits per heavy atom. The fraction of sp³-hybridized carbons (Fsp3) is 0.138. The van der Waals surface area contributed by atoms with Crippen LogP contribution < -0.4 is 0 Å². The molecule has 2 aliphatic carbocycles. The topological polar surface area (TPSA) is 32.6 Å². The van der Waals surface area contributed by atoms with Crippen molar-refractivity contribution in [2.75, 3.05) is 0 Å². The van der Waals surface area contributed by atoms with E-state index >= 15 is 0 Å². The molecule has 0 aliphatic heterocycles. The maximum atomic E-state index is 10.2. The summed E-state index contributed by atoms with van der Waals surface area (Å²) in [5.74, 6) is 0.696. The highest BCUT2D eigenvalue weighted by Gasteiger charge is 2.32. The van der Waals surface area contributed by atoms with Crippen molar-refractivity contribution < 1.29 is 5.21 Å². The van der Waals surface area contributed by atoms with Crippen LogP contribution in [0.4, 0.5) is 0 Å². The van der Waals surface area contributed by atoms with E-state index in [9.17, 15) is 5.21 Å². The van der Waals surface area contributed by atoms with Gasteiger partial charge in [-0.2, -0.15) is 0 Å². The van der Waals surface area contributed by atoms with Gasteiger partial charge in [0.2, 0.25) is 0 Å². The normalized spacial score (nSPS) is 18.2. The highest BCUT2D eigenvalue weighted by atomic mass is 16.4. The smallest absolute Gasteiger partial charge is 0.117 e. The maximum Gasteiger partial charge on any atom is 0.117 e. The number of fused-ring (bicyclic) bond motifs is 2. The summed E-state index contributed by atoms with van der Waals surface area (Å²) >= 11 is 0. The van der Waals surface area contributed by atoms with Crippen molar-refractivity contribution in [3.63, 3.8) is 0 Å². The van der Waals surface area contributed by atoms with E-state index in [1.807, 2.05) is 12.1 Å². The minimum absolute atomic E-state index is 0.348. The van der Waals surface area contributed by atoms with Crippen LogP contribution in [0.25, 0.3) is 0 Å². The van der Waals surface area contributed by atoms with E-state index in [4.69, 9.17) is 0 Å². The van der Waals surface area contributed by atoms with Gasteiger partial charge in [0.05, 0.1) is 0 Å². The van der Waals surface area contributed by atoms with Gasteiger partial charge in [-0.25, -0.2) is 0 Å². The molecular weight excluding hydrogens is 378 g/mol. The molecule has 0 spiro atoms. The van der Waals surface area contributed by atoms with Crippen molar-refractivity contribution in [1.29, 1.82) is 0 Å². The van der Waals surface area contributed by atoms with E-state index in [1.165, 1.54) is 33.4 Å². The van der Waals surface area contributed by atoms with Gasteiger partial charge in [-0.1, -0.05) is 102 Å². The quantitative estimate of drug-likeness (QED) is 0.243. The van der Waals surface area contributed by atoms with Gasteiger partial charge in [0.25, 0.3) is 0 Å². The average molecular weight is 402 g/mol. The van der Waals surface area contributed by atoms with Crippen LogP contribution in [0, 0.1) is 0 Å². The summed E-state index contributed by atoms with van der Waals surface area (Å²) in [4.78, 5) is 0. The molecule has 0 radical (unpaired) electrons. The number of nitrogens with zero attached hydrogens (tertiary/aromatic N) is 1. The van der Waals surface area contributed by atoms with Gasteiger partial charge in [-0.3, -0.25) is 0 Å². The predicted octanol–water partition coefficient (Wildman–Crippen LogP) is 6.29. The fourth-order valence-corrected chi connectivity index (χ4v) is 5.36. The van der Waals surface area contributed by atoms with Gasteiger partial charge in [-0.05, 0) is 46.2 Å². The van der Waals surface area contributed by atoms with Crippen LogP contribution in [0.2, 0.25) is 0 Å². The molecule has 2 nitrogen and oxygen atoms in total. The largest absolute Gasteiger partial charge is 0.410 e. The molecule has 6 rings (SSSR count). The molecule has 2 aliphatic rings. The second kappa shape index (κ2) is 7.24. The number of rotatable bonds is 4. The lowest BCUT2D eigenvalue weighted by Crippen LogP contribution is -2.23. The SMILES string of the molecule is ON=C(c1ccccc1C1Cc2ccccc21)c1ccccc1C1Cc2ccccc21. The molecular formula is C29H23NO. The van der Waals surface area contributed by atoms with Crippen LogP contribution in [-0.4, -0.2) is 10.9 Å². The van der Waals surface area contributed by atoms with Crippen LogP contribution in [0.3, 0.4) is 0 Å². The Balaban J connectivity index is 1.44. The average Bonchev–Trinajstić information content (AvgIpc) is 2.78. The van der Waals surface area contributed by atoms with E-state index in [0.29, 0.717) is 17.5 Å². The molecule has 4 aromatic rings. The van der Waals surface area contributed by atoms with E-state index < -0.39 is 0 Å². The summed E-state index contributed by atoms with van der Waals surface area (Å²) in [5.41, 5.74) is 10.8. The molecule has 0 saturated carbocycles. The lowest BCUT2D eigenvalue weighted by molar-refractivity contribution is 0.319. The molecule has 2 atom stereocenters. The molecule has 31 heavy (non-hydrogen) atoms. The van der Waals surface area contributed by atoms with Crippen molar-refractivity contribution in [3.8, 4) is 0 Å². The van der Waals surface area contributed by atoms with Crippen LogP contribution in [0.15, 0.2) is 102 Å². The van der Waals surface area contributed by atoms with Gasteiger partial charge in [0.1, 0.15) is 5.71 Å². The highest BCUT2D eigenvalue weighted by Crippen LogP contribution is 2.44. The zero-order chi connectivity index (χ0) is 20.8. The fourth-order valence-electron chi connectivity index (χ4n) is 5.36. The van der Waals surface area contributed by atoms with Gasteiger partial charge in [0.15, 0.2) is 0 Å². The lowest BCUT2D eigenvalue weighted by Gasteiger charge is -2.33. The van der Waals surface area contributed by atoms with Crippen molar-refractivity contribution >= 4 is 5.71 Å². The van der Waals surface area contributed by atoms with E-state index in [0.717, 1.165) is 24.0 Å². The predicted molar refractivity (Wildman–Crippen MR) is 124 cm³/mol. The summed E-state index contributed by atoms with van der Waals surface area (Å²) < 4.78 is 0. The Labute approximate surface area is 182 Å². The number of oxime groups is 1. The van der Waals surface area contributed by atoms with Crippen molar-refractivity contribution in [3.05, 3.63) is 142 Å². The summed E-state index contributed by atoms with van der Waals surface area (Å²) in [6, 6.07) is 34.1. The molecule has 0 saturated heterocycles. The Kier molecular flexibility index (Phi) is 4.24. The zero-order valence-corrected chi connectivity index (χ0v) is 17.2. The third kappa shape index (κ3) is 2.83. The van der Waals surface area contributed by atoms with E-state index in [-0.39, 0.29) is 0 Å². The van der Waals surface area contributed by atoms with Gasteiger partial charge in [-0.15, -0.1) is 0 Å². The van der Waals surface area contributed by atoms with Crippen molar-refractivity contribution in [2.24, 2.45) is 5.16 Å². The summed E-state index contributed by atoms with van der Waals surface area (Å²) in [6.07, 6.45) is 2.06. The van der Waals surface area contributed by atoms with Crippen LogP contribution in [-0.2, 0) is 12.8 Å². The molecule has 0 heterocycles. The van der Waals surface area contributed by atoms with Crippen LogP contribution >= 0.6 is 0 Å². The minimum atomic E-state index is 0.348. The molecule has 0 bridgehead atoms. The van der Waals surface area contributed by atoms with Gasteiger partial charge < -0.3 is 5.21 Å². The monoisotopic (exact) mass is 401 g/mol. The zero-order valence-electron chi connectivity index (χ0n) is 17.2. The maximum absolute atomic E-state index is 10.2. The first-order valence-corrected chi connectivity index (χ1v) is 10.9. The standard InChI is InChI=1S/C29H23NO/c31-30-29(25-15-7-5-13-23(25)27-17-19-9-1-3-11-21(19)27)26-16-8-6-14-24(26)28-18-20-10-2-4-12-22(20)28/h1-16,27-28,31H,17-18H2. The summed E-state index contributed by atoms with van der Waals surface area (Å²) in [7, 11) is 0. The van der Waals surface area contributed by atoms with Crippen LogP contribution in [0.5, 0.6) is 0 Å². The van der Waals surface area contributed by atoms with E-state index in [1.54, 1.807) is 0 Å². The molecule has 2 unspecified atom stereocenters. The number of hydrogen-bond acceptors (Lipinski definition) is 2. The molecule has 0 fully saturated rings. The van der Waals surface area contributed by atoms with E-state index in [2.05, 4.69) is 90.1 Å². The second-order valence-corrected chi connectivity index (χ2v) is 8.53. The molecule has 0 aromatic heterocycles. The molecule has 4 aromatic carbocycles. The molecule has 0 amide bonds. The Hall–Kier alpha value is -3.65. The third-order valence-electron chi connectivity index (χ3n) is 6.99. The van der Waals surface area contributed by atoms with Crippen molar-refractivity contribution in [1.82, 2.24) is 0 Å². The van der Waals surface area contributed by atoms with Crippen molar-refractivity contribution in [2.45, 2.75) is 24.7 Å². The lowest BCUT2D eigenvalue weighted by atomic mass is 9.70. The van der Waals surface area contributed by atoms with Crippen LogP contribution in [0.1, 0.15) is 56.3 Å². The Morgan fingerprint density at radius 1 is 0.548 bits per heavy atom. The highest BCUT2D eigenvalue weighted by molar-refractivity contribution is 6.14. The molecule has 2 heteroatoms. The first-order valence-electron chi connectivity index (χ1n) is 10.9. The van der Waals surface area contributed by atoms with Gasteiger partial charge in [0, 0.05) is 23.0 Å².